The number of aliphatic hydroxyl groups is 1. The van der Waals surface area contributed by atoms with Crippen molar-refractivity contribution in [2.75, 3.05) is 0 Å². The predicted octanol–water partition coefficient (Wildman–Crippen LogP) is 2.26. The van der Waals surface area contributed by atoms with Crippen molar-refractivity contribution in [3.63, 3.8) is 0 Å². The highest BCUT2D eigenvalue weighted by Gasteiger charge is 2.16. The summed E-state index contributed by atoms with van der Waals surface area (Å²) in [5, 5.41) is 14.3. The lowest BCUT2D eigenvalue weighted by Crippen LogP contribution is -2.03. The lowest BCUT2D eigenvalue weighted by molar-refractivity contribution is 0.219. The summed E-state index contributed by atoms with van der Waals surface area (Å²) in [6, 6.07) is 4.63. The number of hydrogen-bond acceptors (Lipinski definition) is 2. The fourth-order valence-corrected chi connectivity index (χ4v) is 1.80. The van der Waals surface area contributed by atoms with Crippen molar-refractivity contribution < 1.29 is 9.50 Å². The van der Waals surface area contributed by atoms with Crippen LogP contribution in [0.3, 0.4) is 0 Å². The molecule has 90 valence electrons. The van der Waals surface area contributed by atoms with Crippen molar-refractivity contribution in [2.24, 2.45) is 7.05 Å². The van der Waals surface area contributed by atoms with E-state index < -0.39 is 6.10 Å². The molecule has 1 atom stereocenters. The van der Waals surface area contributed by atoms with Gasteiger partial charge in [0.25, 0.3) is 0 Å². The summed E-state index contributed by atoms with van der Waals surface area (Å²) in [6.45, 7) is 3.57. The smallest absolute Gasteiger partial charge is 0.126 e. The Labute approximate surface area is 99.5 Å². The number of nitrogens with zero attached hydrogens (tertiary/aromatic N) is 2. The average Bonchev–Trinajstić information content (AvgIpc) is 2.63. The van der Waals surface area contributed by atoms with Gasteiger partial charge in [-0.05, 0) is 31.0 Å². The first kappa shape index (κ1) is 11.8. The van der Waals surface area contributed by atoms with Crippen LogP contribution in [0.15, 0.2) is 24.4 Å². The van der Waals surface area contributed by atoms with Gasteiger partial charge in [-0.2, -0.15) is 5.10 Å². The lowest BCUT2D eigenvalue weighted by Gasteiger charge is -2.11. The summed E-state index contributed by atoms with van der Waals surface area (Å²) >= 11 is 0. The summed E-state index contributed by atoms with van der Waals surface area (Å²) in [4.78, 5) is 0. The molecule has 0 amide bonds. The largest absolute Gasteiger partial charge is 0.384 e. The van der Waals surface area contributed by atoms with E-state index >= 15 is 0 Å². The van der Waals surface area contributed by atoms with Gasteiger partial charge in [-0.1, -0.05) is 12.1 Å². The van der Waals surface area contributed by atoms with Crippen molar-refractivity contribution in [1.29, 1.82) is 0 Å². The van der Waals surface area contributed by atoms with E-state index in [1.54, 1.807) is 29.9 Å². The maximum Gasteiger partial charge on any atom is 0.126 e. The zero-order valence-electron chi connectivity index (χ0n) is 10.1. The molecule has 0 saturated heterocycles. The van der Waals surface area contributed by atoms with Crippen LogP contribution in [0.4, 0.5) is 4.39 Å². The Hall–Kier alpha value is -1.68. The standard InChI is InChI=1S/C13H15FN2O/c1-8-6-10(4-5-12(8)14)13(17)11-7-15-16(3)9(11)2/h4-7,13,17H,1-3H3. The molecule has 3 nitrogen and oxygen atoms in total. The molecule has 0 spiro atoms. The van der Waals surface area contributed by atoms with Crippen molar-refractivity contribution >= 4 is 0 Å². The first-order valence-corrected chi connectivity index (χ1v) is 5.43. The maximum absolute atomic E-state index is 13.1. The maximum atomic E-state index is 13.1. The number of aromatic nitrogens is 2. The van der Waals surface area contributed by atoms with Gasteiger partial charge in [0.2, 0.25) is 0 Å². The van der Waals surface area contributed by atoms with Crippen LogP contribution in [-0.4, -0.2) is 14.9 Å². The van der Waals surface area contributed by atoms with Crippen molar-refractivity contribution in [2.45, 2.75) is 20.0 Å². The van der Waals surface area contributed by atoms with Crippen LogP contribution in [0.5, 0.6) is 0 Å². The molecule has 0 radical (unpaired) electrons. The van der Waals surface area contributed by atoms with Crippen LogP contribution >= 0.6 is 0 Å². The van der Waals surface area contributed by atoms with Crippen molar-refractivity contribution in [3.8, 4) is 0 Å². The van der Waals surface area contributed by atoms with Gasteiger partial charge in [0, 0.05) is 18.3 Å². The highest BCUT2D eigenvalue weighted by Crippen LogP contribution is 2.25. The van der Waals surface area contributed by atoms with Gasteiger partial charge in [-0.3, -0.25) is 4.68 Å². The molecule has 0 bridgehead atoms. The van der Waals surface area contributed by atoms with Gasteiger partial charge < -0.3 is 5.11 Å². The second-order valence-electron chi connectivity index (χ2n) is 4.22. The fraction of sp³-hybridized carbons (Fsp3) is 0.308. The van der Waals surface area contributed by atoms with Gasteiger partial charge in [0.15, 0.2) is 0 Å². The number of rotatable bonds is 2. The van der Waals surface area contributed by atoms with E-state index in [4.69, 9.17) is 0 Å². The summed E-state index contributed by atoms with van der Waals surface area (Å²) in [6.07, 6.45) is 0.876. The van der Waals surface area contributed by atoms with E-state index in [1.807, 2.05) is 14.0 Å². The second-order valence-corrected chi connectivity index (χ2v) is 4.22. The number of hydrogen-bond donors (Lipinski definition) is 1. The monoisotopic (exact) mass is 234 g/mol. The Morgan fingerprint density at radius 3 is 2.59 bits per heavy atom. The molecule has 0 saturated carbocycles. The van der Waals surface area contributed by atoms with Crippen LogP contribution in [-0.2, 0) is 7.05 Å². The molecule has 1 N–H and O–H groups in total. The zero-order chi connectivity index (χ0) is 12.6. The van der Waals surface area contributed by atoms with Gasteiger partial charge >= 0.3 is 0 Å². The van der Waals surface area contributed by atoms with Crippen LogP contribution in [0, 0.1) is 19.7 Å². The van der Waals surface area contributed by atoms with Crippen LogP contribution in [0.1, 0.15) is 28.5 Å². The van der Waals surface area contributed by atoms with E-state index in [-0.39, 0.29) is 5.82 Å². The molecule has 1 heterocycles. The van der Waals surface area contributed by atoms with E-state index in [1.165, 1.54) is 6.07 Å². The third-order valence-electron chi connectivity index (χ3n) is 3.07. The van der Waals surface area contributed by atoms with Gasteiger partial charge in [-0.15, -0.1) is 0 Å². The minimum absolute atomic E-state index is 0.260. The Bertz CT molecular complexity index is 548. The van der Waals surface area contributed by atoms with E-state index in [2.05, 4.69) is 5.10 Å². The van der Waals surface area contributed by atoms with Gasteiger partial charge in [0.1, 0.15) is 11.9 Å². The van der Waals surface area contributed by atoms with E-state index in [0.29, 0.717) is 11.1 Å². The highest BCUT2D eigenvalue weighted by atomic mass is 19.1. The number of aliphatic hydroxyl groups excluding tert-OH is 1. The summed E-state index contributed by atoms with van der Waals surface area (Å²) in [5.41, 5.74) is 2.86. The third-order valence-corrected chi connectivity index (χ3v) is 3.07. The van der Waals surface area contributed by atoms with Gasteiger partial charge in [0.05, 0.1) is 6.20 Å². The Morgan fingerprint density at radius 2 is 2.06 bits per heavy atom. The quantitative estimate of drug-likeness (QED) is 0.865. The topological polar surface area (TPSA) is 38.1 Å². The summed E-state index contributed by atoms with van der Waals surface area (Å²) in [5.74, 6) is -0.260. The molecule has 0 fully saturated rings. The minimum atomic E-state index is -0.761. The lowest BCUT2D eigenvalue weighted by atomic mass is 10.0. The summed E-state index contributed by atoms with van der Waals surface area (Å²) < 4.78 is 14.9. The molecule has 17 heavy (non-hydrogen) atoms. The molecule has 2 rings (SSSR count). The number of aryl methyl sites for hydroxylation is 2. The van der Waals surface area contributed by atoms with Crippen LogP contribution in [0.2, 0.25) is 0 Å². The zero-order valence-corrected chi connectivity index (χ0v) is 10.1. The molecular formula is C13H15FN2O. The third kappa shape index (κ3) is 2.08. The molecule has 0 aliphatic heterocycles. The molecule has 1 aromatic heterocycles. The minimum Gasteiger partial charge on any atom is -0.384 e. The molecule has 1 aromatic carbocycles. The highest BCUT2D eigenvalue weighted by molar-refractivity contribution is 5.33. The number of halogens is 1. The molecular weight excluding hydrogens is 219 g/mol. The van der Waals surface area contributed by atoms with Crippen molar-refractivity contribution in [3.05, 3.63) is 52.6 Å². The van der Waals surface area contributed by atoms with E-state index in [0.717, 1.165) is 11.3 Å². The summed E-state index contributed by atoms with van der Waals surface area (Å²) in [7, 11) is 1.82. The van der Waals surface area contributed by atoms with Crippen LogP contribution < -0.4 is 0 Å². The molecule has 0 aliphatic rings. The Balaban J connectivity index is 2.40. The fourth-order valence-electron chi connectivity index (χ4n) is 1.80. The SMILES string of the molecule is Cc1cc(C(O)c2cnn(C)c2C)ccc1F. The second kappa shape index (κ2) is 4.30. The molecule has 2 aromatic rings. The van der Waals surface area contributed by atoms with Gasteiger partial charge in [-0.25, -0.2) is 4.39 Å². The van der Waals surface area contributed by atoms with Crippen LogP contribution in [0.25, 0.3) is 0 Å². The first-order valence-electron chi connectivity index (χ1n) is 5.43. The first-order chi connectivity index (χ1) is 8.00. The Morgan fingerprint density at radius 1 is 1.35 bits per heavy atom. The average molecular weight is 234 g/mol. The normalized spacial score (nSPS) is 12.8. The number of benzene rings is 1. The van der Waals surface area contributed by atoms with Crippen molar-refractivity contribution in [1.82, 2.24) is 9.78 Å². The predicted molar refractivity (Wildman–Crippen MR) is 63.1 cm³/mol. The molecule has 0 aliphatic carbocycles. The molecule has 4 heteroatoms. The van der Waals surface area contributed by atoms with E-state index in [9.17, 15) is 9.50 Å². The molecule has 1 unspecified atom stereocenters. The Kier molecular flexibility index (Phi) is 2.98.